The Morgan fingerprint density at radius 2 is 1.92 bits per heavy atom. The lowest BCUT2D eigenvalue weighted by Crippen LogP contribution is -1.92. The highest BCUT2D eigenvalue weighted by Crippen LogP contribution is 2.14. The molecule has 0 spiro atoms. The number of nitrogens with zero attached hydrogens (tertiary/aromatic N) is 1. The summed E-state index contributed by atoms with van der Waals surface area (Å²) in [6.07, 6.45) is 2.03. The van der Waals surface area contributed by atoms with Gasteiger partial charge in [-0.15, -0.1) is 11.8 Å². The second-order valence-electron chi connectivity index (χ2n) is 2.41. The Hall–Kier alpha value is -0.960. The lowest BCUT2D eigenvalue weighted by Gasteiger charge is -1.99. The van der Waals surface area contributed by atoms with Crippen molar-refractivity contribution in [3.8, 4) is 0 Å². The van der Waals surface area contributed by atoms with Gasteiger partial charge >= 0.3 is 0 Å². The lowest BCUT2D eigenvalue weighted by atomic mass is 10.1. The average Bonchev–Trinajstić information content (AvgIpc) is 2.17. The van der Waals surface area contributed by atoms with Crippen molar-refractivity contribution in [2.45, 2.75) is 11.8 Å². The molecule has 0 saturated carbocycles. The molecule has 64 valence electrons. The van der Waals surface area contributed by atoms with Gasteiger partial charge < -0.3 is 5.21 Å². The molecule has 1 rings (SSSR count). The monoisotopic (exact) mass is 181 g/mol. The SMILES string of the molecule is CSc1ccc(/C(C)=N/O)cc1. The number of rotatable bonds is 2. The molecule has 3 heteroatoms. The van der Waals surface area contributed by atoms with Crippen molar-refractivity contribution in [1.82, 2.24) is 0 Å². The molecule has 0 atom stereocenters. The van der Waals surface area contributed by atoms with Gasteiger partial charge in [0.05, 0.1) is 5.71 Å². The zero-order valence-electron chi connectivity index (χ0n) is 7.11. The maximum absolute atomic E-state index is 8.50. The largest absolute Gasteiger partial charge is 0.411 e. The van der Waals surface area contributed by atoms with E-state index in [9.17, 15) is 0 Å². The summed E-state index contributed by atoms with van der Waals surface area (Å²) in [6.45, 7) is 1.77. The third kappa shape index (κ3) is 2.01. The summed E-state index contributed by atoms with van der Waals surface area (Å²) in [5.41, 5.74) is 1.60. The molecule has 0 aliphatic carbocycles. The fraction of sp³-hybridized carbons (Fsp3) is 0.222. The Morgan fingerprint density at radius 3 is 2.33 bits per heavy atom. The Kier molecular flexibility index (Phi) is 3.17. The first-order chi connectivity index (χ1) is 5.77. The summed E-state index contributed by atoms with van der Waals surface area (Å²) >= 11 is 1.69. The van der Waals surface area contributed by atoms with Gasteiger partial charge in [-0.3, -0.25) is 0 Å². The predicted molar refractivity (Wildman–Crippen MR) is 52.2 cm³/mol. The number of hydrogen-bond donors (Lipinski definition) is 1. The Morgan fingerprint density at radius 1 is 1.33 bits per heavy atom. The molecule has 1 aromatic rings. The Labute approximate surface area is 76.3 Å². The highest BCUT2D eigenvalue weighted by Gasteiger charge is 1.96. The van der Waals surface area contributed by atoms with Crippen molar-refractivity contribution >= 4 is 17.5 Å². The van der Waals surface area contributed by atoms with E-state index in [0.29, 0.717) is 5.71 Å². The van der Waals surface area contributed by atoms with Crippen LogP contribution in [0.25, 0.3) is 0 Å². The van der Waals surface area contributed by atoms with Gasteiger partial charge in [0.2, 0.25) is 0 Å². The minimum absolute atomic E-state index is 0.641. The van der Waals surface area contributed by atoms with Crippen molar-refractivity contribution in [3.63, 3.8) is 0 Å². The van der Waals surface area contributed by atoms with Crippen molar-refractivity contribution in [1.29, 1.82) is 0 Å². The van der Waals surface area contributed by atoms with Gasteiger partial charge in [-0.2, -0.15) is 0 Å². The number of hydrogen-bond acceptors (Lipinski definition) is 3. The van der Waals surface area contributed by atoms with Crippen molar-refractivity contribution in [2.75, 3.05) is 6.26 Å². The smallest absolute Gasteiger partial charge is 0.0836 e. The molecule has 0 unspecified atom stereocenters. The van der Waals surface area contributed by atoms with E-state index in [1.807, 2.05) is 30.5 Å². The van der Waals surface area contributed by atoms with Crippen LogP contribution in [0.1, 0.15) is 12.5 Å². The van der Waals surface area contributed by atoms with Gasteiger partial charge in [-0.1, -0.05) is 17.3 Å². The topological polar surface area (TPSA) is 32.6 Å². The number of thioether (sulfide) groups is 1. The third-order valence-electron chi connectivity index (χ3n) is 1.66. The van der Waals surface area contributed by atoms with Crippen molar-refractivity contribution in [2.24, 2.45) is 5.16 Å². The van der Waals surface area contributed by atoms with Gasteiger partial charge in [0.1, 0.15) is 0 Å². The fourth-order valence-corrected chi connectivity index (χ4v) is 1.30. The third-order valence-corrected chi connectivity index (χ3v) is 2.40. The summed E-state index contributed by atoms with van der Waals surface area (Å²) in [5, 5.41) is 11.6. The van der Waals surface area contributed by atoms with Crippen LogP contribution in [0.3, 0.4) is 0 Å². The zero-order valence-corrected chi connectivity index (χ0v) is 7.93. The molecule has 2 nitrogen and oxygen atoms in total. The Balaban J connectivity index is 2.92. The maximum Gasteiger partial charge on any atom is 0.0836 e. The minimum atomic E-state index is 0.641. The molecule has 0 fully saturated rings. The van der Waals surface area contributed by atoms with E-state index in [0.717, 1.165) is 5.56 Å². The second-order valence-corrected chi connectivity index (χ2v) is 3.29. The Bertz CT molecular complexity index is 279. The second kappa shape index (κ2) is 4.16. The molecule has 0 aliphatic rings. The van der Waals surface area contributed by atoms with Gasteiger partial charge in [-0.25, -0.2) is 0 Å². The van der Waals surface area contributed by atoms with E-state index < -0.39 is 0 Å². The van der Waals surface area contributed by atoms with Crippen molar-refractivity contribution < 1.29 is 5.21 Å². The molecule has 0 aromatic heterocycles. The predicted octanol–water partition coefficient (Wildman–Crippen LogP) is 2.61. The number of oxime groups is 1. The molecule has 12 heavy (non-hydrogen) atoms. The normalized spacial score (nSPS) is 11.7. The molecule has 1 N–H and O–H groups in total. The van der Waals surface area contributed by atoms with Crippen LogP contribution < -0.4 is 0 Å². The molecular weight excluding hydrogens is 170 g/mol. The van der Waals surface area contributed by atoms with E-state index in [1.165, 1.54) is 4.90 Å². The molecule has 0 heterocycles. The molecule has 0 amide bonds. The quantitative estimate of drug-likeness (QED) is 0.329. The van der Waals surface area contributed by atoms with Crippen LogP contribution in [0.2, 0.25) is 0 Å². The summed E-state index contributed by atoms with van der Waals surface area (Å²) in [5.74, 6) is 0. The highest BCUT2D eigenvalue weighted by molar-refractivity contribution is 7.98. The first-order valence-corrected chi connectivity index (χ1v) is 4.83. The fourth-order valence-electron chi connectivity index (χ4n) is 0.890. The van der Waals surface area contributed by atoms with Crippen LogP contribution in [0.15, 0.2) is 34.3 Å². The molecule has 1 aromatic carbocycles. The molecule has 0 aliphatic heterocycles. The molecule has 0 radical (unpaired) electrons. The maximum atomic E-state index is 8.50. The van der Waals surface area contributed by atoms with Gasteiger partial charge in [0, 0.05) is 4.90 Å². The van der Waals surface area contributed by atoms with Gasteiger partial charge in [0.15, 0.2) is 0 Å². The summed E-state index contributed by atoms with van der Waals surface area (Å²) < 4.78 is 0. The van der Waals surface area contributed by atoms with Crippen LogP contribution in [-0.4, -0.2) is 17.2 Å². The standard InChI is InChI=1S/C9H11NOS/c1-7(10-11)8-3-5-9(12-2)6-4-8/h3-6,11H,1-2H3/b10-7+. The highest BCUT2D eigenvalue weighted by atomic mass is 32.2. The van der Waals surface area contributed by atoms with Crippen LogP contribution in [0.5, 0.6) is 0 Å². The van der Waals surface area contributed by atoms with E-state index in [4.69, 9.17) is 5.21 Å². The lowest BCUT2D eigenvalue weighted by molar-refractivity contribution is 0.319. The van der Waals surface area contributed by atoms with E-state index in [-0.39, 0.29) is 0 Å². The minimum Gasteiger partial charge on any atom is -0.411 e. The molecular formula is C9H11NOS. The van der Waals surface area contributed by atoms with Crippen LogP contribution in [-0.2, 0) is 0 Å². The van der Waals surface area contributed by atoms with E-state index in [1.54, 1.807) is 18.7 Å². The zero-order chi connectivity index (χ0) is 8.97. The van der Waals surface area contributed by atoms with Gasteiger partial charge in [0.25, 0.3) is 0 Å². The van der Waals surface area contributed by atoms with E-state index >= 15 is 0 Å². The first kappa shape index (κ1) is 9.13. The van der Waals surface area contributed by atoms with Crippen LogP contribution in [0, 0.1) is 0 Å². The molecule has 0 bridgehead atoms. The summed E-state index contributed by atoms with van der Waals surface area (Å²) in [4.78, 5) is 1.21. The summed E-state index contributed by atoms with van der Waals surface area (Å²) in [7, 11) is 0. The van der Waals surface area contributed by atoms with Gasteiger partial charge in [-0.05, 0) is 30.9 Å². The van der Waals surface area contributed by atoms with E-state index in [2.05, 4.69) is 5.16 Å². The average molecular weight is 181 g/mol. The van der Waals surface area contributed by atoms with Crippen LogP contribution in [0.4, 0.5) is 0 Å². The first-order valence-electron chi connectivity index (χ1n) is 3.61. The molecule has 0 saturated heterocycles. The van der Waals surface area contributed by atoms with Crippen LogP contribution >= 0.6 is 11.8 Å². The van der Waals surface area contributed by atoms with Crippen molar-refractivity contribution in [3.05, 3.63) is 29.8 Å². The summed E-state index contributed by atoms with van der Waals surface area (Å²) in [6, 6.07) is 7.91. The number of benzene rings is 1.